The first-order chi connectivity index (χ1) is 18.7. The third-order valence-corrected chi connectivity index (χ3v) is 6.14. The van der Waals surface area contributed by atoms with Crippen molar-refractivity contribution in [2.45, 2.75) is 5.92 Å². The number of esters is 4. The zero-order valence-corrected chi connectivity index (χ0v) is 19.6. The van der Waals surface area contributed by atoms with Crippen molar-refractivity contribution in [3.63, 3.8) is 0 Å². The second-order valence-corrected chi connectivity index (χ2v) is 8.60. The topological polar surface area (TPSA) is 105 Å². The fourth-order valence-electron chi connectivity index (χ4n) is 4.16. The van der Waals surface area contributed by atoms with Crippen LogP contribution in [0.2, 0.25) is 0 Å². The molecule has 0 aromatic heterocycles. The first kappa shape index (κ1) is 24.0. The van der Waals surface area contributed by atoms with Gasteiger partial charge in [0, 0.05) is 11.1 Å². The molecule has 192 valence electrons. The van der Waals surface area contributed by atoms with Gasteiger partial charge in [-0.3, -0.25) is 0 Å². The lowest BCUT2D eigenvalue weighted by molar-refractivity contribution is 0.0422. The van der Waals surface area contributed by atoms with Crippen molar-refractivity contribution in [2.75, 3.05) is 0 Å². The Balaban J connectivity index is 1.15. The second kappa shape index (κ2) is 8.88. The third kappa shape index (κ3) is 4.27. The molecule has 0 spiro atoms. The Morgan fingerprint density at radius 1 is 0.462 bits per heavy atom. The van der Waals surface area contributed by atoms with E-state index in [-0.39, 0.29) is 56.4 Å². The zero-order valence-electron chi connectivity index (χ0n) is 19.6. The Labute approximate surface area is 218 Å². The zero-order chi connectivity index (χ0) is 27.3. The number of carbonyl (C=O) groups excluding carboxylic acids is 4. The number of cyclic esters (lactones) is 4. The summed E-state index contributed by atoms with van der Waals surface area (Å²) in [5, 5.41) is 0. The lowest BCUT2D eigenvalue weighted by Gasteiger charge is -2.18. The highest BCUT2D eigenvalue weighted by Gasteiger charge is 2.34. The van der Waals surface area contributed by atoms with Crippen LogP contribution in [-0.4, -0.2) is 23.9 Å². The van der Waals surface area contributed by atoms with Gasteiger partial charge in [-0.05, 0) is 84.9 Å². The fourth-order valence-corrected chi connectivity index (χ4v) is 4.16. The molecule has 4 aromatic carbocycles. The van der Waals surface area contributed by atoms with Crippen LogP contribution >= 0.6 is 0 Å². The van der Waals surface area contributed by atoms with Crippen molar-refractivity contribution in [1.82, 2.24) is 0 Å². The van der Waals surface area contributed by atoms with Crippen LogP contribution in [0.3, 0.4) is 0 Å². The van der Waals surface area contributed by atoms with E-state index in [4.69, 9.17) is 9.47 Å². The first-order valence-corrected chi connectivity index (χ1v) is 11.4. The normalized spacial score (nSPS) is 14.0. The molecule has 0 fully saturated rings. The maximum Gasteiger partial charge on any atom is 0.347 e. The molecule has 2 aliphatic rings. The molecule has 0 radical (unpaired) electrons. The molecule has 0 amide bonds. The van der Waals surface area contributed by atoms with Gasteiger partial charge in [-0.15, -0.1) is 0 Å². The average Bonchev–Trinajstić information content (AvgIpc) is 3.37. The molecule has 10 heteroatoms. The summed E-state index contributed by atoms with van der Waals surface area (Å²) >= 11 is 0. The number of alkyl halides is 2. The Bertz CT molecular complexity index is 1570. The molecule has 0 saturated carbocycles. The Hall–Kier alpha value is -5.38. The second-order valence-electron chi connectivity index (χ2n) is 8.60. The summed E-state index contributed by atoms with van der Waals surface area (Å²) in [5.74, 6) is -5.40. The van der Waals surface area contributed by atoms with Gasteiger partial charge in [-0.1, -0.05) is 0 Å². The highest BCUT2D eigenvalue weighted by Crippen LogP contribution is 2.38. The van der Waals surface area contributed by atoms with Gasteiger partial charge in [0.15, 0.2) is 0 Å². The molecule has 2 aliphatic heterocycles. The highest BCUT2D eigenvalue weighted by molar-refractivity contribution is 6.15. The smallest absolute Gasteiger partial charge is 0.347 e. The van der Waals surface area contributed by atoms with E-state index in [1.165, 1.54) is 84.9 Å². The van der Waals surface area contributed by atoms with Crippen LogP contribution in [0, 0.1) is 0 Å². The molecule has 39 heavy (non-hydrogen) atoms. The molecule has 0 saturated heterocycles. The number of rotatable bonds is 6. The van der Waals surface area contributed by atoms with E-state index in [0.717, 1.165) is 0 Å². The summed E-state index contributed by atoms with van der Waals surface area (Å²) in [4.78, 5) is 46.6. The minimum Gasteiger partial charge on any atom is -0.457 e. The third-order valence-electron chi connectivity index (χ3n) is 6.14. The average molecular weight is 528 g/mol. The molecule has 0 unspecified atom stereocenters. The van der Waals surface area contributed by atoms with Crippen LogP contribution < -0.4 is 9.47 Å². The largest absolute Gasteiger partial charge is 0.457 e. The summed E-state index contributed by atoms with van der Waals surface area (Å²) in [7, 11) is 0. The number of hydrogen-bond acceptors (Lipinski definition) is 8. The predicted molar refractivity (Wildman–Crippen MR) is 128 cm³/mol. The Morgan fingerprint density at radius 2 is 0.795 bits per heavy atom. The van der Waals surface area contributed by atoms with Gasteiger partial charge in [-0.25, -0.2) is 19.2 Å². The quantitative estimate of drug-likeness (QED) is 0.221. The monoisotopic (exact) mass is 528 g/mol. The number of fused-ring (bicyclic) bond motifs is 2. The molecule has 4 aromatic rings. The number of carbonyl (C=O) groups is 4. The van der Waals surface area contributed by atoms with Crippen molar-refractivity contribution in [1.29, 1.82) is 0 Å². The highest BCUT2D eigenvalue weighted by atomic mass is 19.3. The van der Waals surface area contributed by atoms with Crippen molar-refractivity contribution < 1.29 is 46.9 Å². The minimum atomic E-state index is -3.34. The van der Waals surface area contributed by atoms with Gasteiger partial charge in [0.25, 0.3) is 5.92 Å². The van der Waals surface area contributed by atoms with E-state index in [2.05, 4.69) is 9.47 Å². The van der Waals surface area contributed by atoms with Crippen LogP contribution in [0.1, 0.15) is 52.6 Å². The van der Waals surface area contributed by atoms with E-state index < -0.39 is 29.8 Å². The Kier molecular flexibility index (Phi) is 5.46. The maximum absolute atomic E-state index is 15.2. The van der Waals surface area contributed by atoms with Crippen molar-refractivity contribution in [3.05, 3.63) is 118 Å². The van der Waals surface area contributed by atoms with Gasteiger partial charge >= 0.3 is 23.9 Å². The molecule has 2 heterocycles. The summed E-state index contributed by atoms with van der Waals surface area (Å²) in [6, 6.07) is 18.8. The molecule has 6 rings (SSSR count). The van der Waals surface area contributed by atoms with Gasteiger partial charge in [0.2, 0.25) is 0 Å². The lowest BCUT2D eigenvalue weighted by Crippen LogP contribution is -2.14. The molecule has 0 aliphatic carbocycles. The van der Waals surface area contributed by atoms with Crippen LogP contribution in [0.5, 0.6) is 23.0 Å². The van der Waals surface area contributed by atoms with Crippen molar-refractivity contribution in [3.8, 4) is 23.0 Å². The molecule has 0 N–H and O–H groups in total. The number of benzene rings is 4. The van der Waals surface area contributed by atoms with Crippen LogP contribution in [0.15, 0.2) is 84.9 Å². The summed E-state index contributed by atoms with van der Waals surface area (Å²) in [5.41, 5.74) is -0.162. The van der Waals surface area contributed by atoms with E-state index in [1.807, 2.05) is 0 Å². The molecule has 0 bridgehead atoms. The first-order valence-electron chi connectivity index (χ1n) is 11.4. The molecular weight excluding hydrogens is 514 g/mol. The SMILES string of the molecule is O=C1OC(=O)c2cc(Oc3ccc(C(F)(F)c4ccc(Oc5ccc6c(c5)C(=O)OC6=O)cc4)cc3)ccc21. The van der Waals surface area contributed by atoms with Gasteiger partial charge < -0.3 is 18.9 Å². The maximum atomic E-state index is 15.2. The number of ether oxygens (including phenoxy) is 4. The van der Waals surface area contributed by atoms with E-state index in [0.29, 0.717) is 0 Å². The van der Waals surface area contributed by atoms with Gasteiger partial charge in [0.05, 0.1) is 22.3 Å². The van der Waals surface area contributed by atoms with Crippen LogP contribution in [0.4, 0.5) is 8.78 Å². The summed E-state index contributed by atoms with van der Waals surface area (Å²) < 4.78 is 50.8. The fraction of sp³-hybridized carbons (Fsp3) is 0.0345. The molecular formula is C29H14F2O8. The summed E-state index contributed by atoms with van der Waals surface area (Å²) in [6.07, 6.45) is 0. The van der Waals surface area contributed by atoms with E-state index in [1.54, 1.807) is 0 Å². The number of halogens is 2. The van der Waals surface area contributed by atoms with E-state index >= 15 is 8.78 Å². The predicted octanol–water partition coefficient (Wildman–Crippen LogP) is 6.03. The van der Waals surface area contributed by atoms with Crippen LogP contribution in [-0.2, 0) is 15.4 Å². The molecule has 8 nitrogen and oxygen atoms in total. The standard InChI is InChI=1S/C29H14F2O8/c30-29(31,15-1-5-17(6-2-15)36-19-9-11-21-23(13-19)27(34)38-25(21)32)16-3-7-18(8-4-16)37-20-10-12-22-24(14-20)28(35)39-26(22)33/h1-14H. The Morgan fingerprint density at radius 3 is 1.18 bits per heavy atom. The lowest BCUT2D eigenvalue weighted by atomic mass is 10.00. The van der Waals surface area contributed by atoms with Gasteiger partial charge in [0.1, 0.15) is 23.0 Å². The minimum absolute atomic E-state index is 0.0712. The summed E-state index contributed by atoms with van der Waals surface area (Å²) in [6.45, 7) is 0. The van der Waals surface area contributed by atoms with Gasteiger partial charge in [-0.2, -0.15) is 8.78 Å². The van der Waals surface area contributed by atoms with Crippen molar-refractivity contribution in [2.24, 2.45) is 0 Å². The van der Waals surface area contributed by atoms with Crippen LogP contribution in [0.25, 0.3) is 0 Å². The van der Waals surface area contributed by atoms with E-state index in [9.17, 15) is 19.2 Å². The van der Waals surface area contributed by atoms with Crippen molar-refractivity contribution >= 4 is 23.9 Å². The molecule has 0 atom stereocenters. The number of hydrogen-bond donors (Lipinski definition) is 0.